The van der Waals surface area contributed by atoms with Gasteiger partial charge in [0.15, 0.2) is 5.13 Å². The first kappa shape index (κ1) is 28.6. The molecule has 0 saturated carbocycles. The summed E-state index contributed by atoms with van der Waals surface area (Å²) >= 11 is 1.32. The second-order valence-electron chi connectivity index (χ2n) is 11.0. The van der Waals surface area contributed by atoms with Crippen molar-refractivity contribution in [3.8, 4) is 27.4 Å². The van der Waals surface area contributed by atoms with E-state index in [1.165, 1.54) is 11.3 Å². The first-order valence-corrected chi connectivity index (χ1v) is 15.4. The number of hydrogen-bond donors (Lipinski definition) is 2. The zero-order valence-electron chi connectivity index (χ0n) is 23.4. The fourth-order valence-electron chi connectivity index (χ4n) is 4.15. The Kier molecular flexibility index (Phi) is 8.67. The highest BCUT2D eigenvalue weighted by molar-refractivity contribution is 7.93. The highest BCUT2D eigenvalue weighted by atomic mass is 32.2. The minimum atomic E-state index is -3.84. The van der Waals surface area contributed by atoms with Gasteiger partial charge in [-0.3, -0.25) is 4.72 Å². The van der Waals surface area contributed by atoms with Crippen LogP contribution >= 0.6 is 11.3 Å². The minimum Gasteiger partial charge on any atom is -0.494 e. The largest absolute Gasteiger partial charge is 0.494 e. The number of sulfonamides is 1. The maximum Gasteiger partial charge on any atom is 0.263 e. The summed E-state index contributed by atoms with van der Waals surface area (Å²) in [5, 5.41) is 3.30. The molecule has 0 saturated heterocycles. The molecule has 0 spiro atoms. The number of thiazole rings is 1. The summed E-state index contributed by atoms with van der Waals surface area (Å²) in [6.07, 6.45) is 0.936. The lowest BCUT2D eigenvalue weighted by Gasteiger charge is -2.18. The van der Waals surface area contributed by atoms with Crippen molar-refractivity contribution >= 4 is 32.2 Å². The smallest absolute Gasteiger partial charge is 0.263 e. The summed E-state index contributed by atoms with van der Waals surface area (Å²) < 4.78 is 35.4. The summed E-state index contributed by atoms with van der Waals surface area (Å²) in [5.74, 6) is 1.05. The predicted molar refractivity (Wildman–Crippen MR) is 163 cm³/mol. The molecule has 0 aliphatic rings. The molecule has 4 aromatic rings. The first-order valence-electron chi connectivity index (χ1n) is 13.1. The molecule has 0 aliphatic carbocycles. The summed E-state index contributed by atoms with van der Waals surface area (Å²) in [7, 11) is -2.09. The van der Waals surface area contributed by atoms with E-state index in [1.54, 1.807) is 25.2 Å². The fourth-order valence-corrected chi connectivity index (χ4v) is 6.41. The second-order valence-corrected chi connectivity index (χ2v) is 13.7. The van der Waals surface area contributed by atoms with Crippen molar-refractivity contribution in [1.82, 2.24) is 4.98 Å². The number of hydrogen-bond acceptors (Lipinski definition) is 6. The second kappa shape index (κ2) is 11.8. The Bertz CT molecular complexity index is 1540. The van der Waals surface area contributed by atoms with Gasteiger partial charge in [-0.25, -0.2) is 13.4 Å². The maximum atomic E-state index is 13.3. The molecule has 39 heavy (non-hydrogen) atoms. The third-order valence-electron chi connectivity index (χ3n) is 6.34. The summed E-state index contributed by atoms with van der Waals surface area (Å²) in [6.45, 7) is 11.5. The molecule has 0 radical (unpaired) electrons. The lowest BCUT2D eigenvalue weighted by atomic mass is 9.93. The number of rotatable bonds is 10. The molecule has 206 valence electrons. The molecular formula is C31H37N3O3S2. The molecule has 4 rings (SSSR count). The van der Waals surface area contributed by atoms with E-state index in [0.717, 1.165) is 39.4 Å². The Hall–Kier alpha value is -3.36. The minimum absolute atomic E-state index is 0.171. The van der Waals surface area contributed by atoms with Gasteiger partial charge in [-0.2, -0.15) is 0 Å². The van der Waals surface area contributed by atoms with Gasteiger partial charge in [0.2, 0.25) is 0 Å². The highest BCUT2D eigenvalue weighted by Gasteiger charge is 2.23. The van der Waals surface area contributed by atoms with Crippen LogP contribution in [0.5, 0.6) is 5.75 Å². The van der Waals surface area contributed by atoms with Crippen LogP contribution in [0.25, 0.3) is 21.7 Å². The first-order chi connectivity index (χ1) is 18.5. The molecule has 3 aromatic carbocycles. The van der Waals surface area contributed by atoms with Gasteiger partial charge in [-0.1, -0.05) is 88.4 Å². The number of nitrogens with zero attached hydrogens (tertiary/aromatic N) is 1. The molecule has 0 aliphatic heterocycles. The SMILES string of the molecule is CNc1cccc(S(=O)(=O)Nc2nc(-c3ccccc3C(C)C)c(-c3cccc(OCCC(C)(C)C)c3)s2)c1. The van der Waals surface area contributed by atoms with E-state index >= 15 is 0 Å². The average Bonchev–Trinajstić information content (AvgIpc) is 3.31. The zero-order chi connectivity index (χ0) is 28.2. The van der Waals surface area contributed by atoms with Gasteiger partial charge in [0.1, 0.15) is 5.75 Å². The molecule has 0 atom stereocenters. The van der Waals surface area contributed by atoms with Crippen LogP contribution in [0.15, 0.2) is 77.7 Å². The Morgan fingerprint density at radius 2 is 1.72 bits per heavy atom. The molecule has 0 fully saturated rings. The lowest BCUT2D eigenvalue weighted by Crippen LogP contribution is -2.13. The van der Waals surface area contributed by atoms with Crippen molar-refractivity contribution in [2.75, 3.05) is 23.7 Å². The molecule has 0 bridgehead atoms. The van der Waals surface area contributed by atoms with Crippen molar-refractivity contribution in [2.45, 2.75) is 51.9 Å². The van der Waals surface area contributed by atoms with Crippen LogP contribution in [0.3, 0.4) is 0 Å². The van der Waals surface area contributed by atoms with Crippen molar-refractivity contribution in [3.05, 3.63) is 78.4 Å². The molecule has 2 N–H and O–H groups in total. The topological polar surface area (TPSA) is 80.3 Å². The number of nitrogens with one attached hydrogen (secondary N) is 2. The molecule has 8 heteroatoms. The van der Waals surface area contributed by atoms with Crippen molar-refractivity contribution < 1.29 is 13.2 Å². The van der Waals surface area contributed by atoms with E-state index in [1.807, 2.05) is 48.5 Å². The van der Waals surface area contributed by atoms with Crippen LogP contribution in [-0.2, 0) is 10.0 Å². The van der Waals surface area contributed by atoms with E-state index in [-0.39, 0.29) is 16.2 Å². The molecule has 1 aromatic heterocycles. The predicted octanol–water partition coefficient (Wildman–Crippen LogP) is 8.26. The Morgan fingerprint density at radius 3 is 2.44 bits per heavy atom. The molecule has 0 unspecified atom stereocenters. The number of anilines is 2. The molecule has 0 amide bonds. The van der Waals surface area contributed by atoms with Crippen molar-refractivity contribution in [3.63, 3.8) is 0 Å². The standard InChI is InChI=1S/C31H37N3O3S2/c1-21(2)26-15-7-8-16-27(26)28-29(22-11-9-13-24(19-22)37-18-17-31(3,4)5)38-30(33-28)34-39(35,36)25-14-10-12-23(20-25)32-6/h7-16,19-21,32H,17-18H2,1-6H3,(H,33,34). The van der Waals surface area contributed by atoms with Crippen LogP contribution in [0, 0.1) is 5.41 Å². The van der Waals surface area contributed by atoms with Gasteiger partial charge in [-0.05, 0) is 59.2 Å². The number of ether oxygens (including phenoxy) is 1. The van der Waals surface area contributed by atoms with E-state index in [9.17, 15) is 8.42 Å². The van der Waals surface area contributed by atoms with Gasteiger partial charge in [-0.15, -0.1) is 0 Å². The molecular weight excluding hydrogens is 526 g/mol. The van der Waals surface area contributed by atoms with E-state index < -0.39 is 10.0 Å². The Balaban J connectivity index is 1.76. The van der Waals surface area contributed by atoms with Crippen LogP contribution in [0.4, 0.5) is 10.8 Å². The monoisotopic (exact) mass is 563 g/mol. The Morgan fingerprint density at radius 1 is 0.974 bits per heavy atom. The van der Waals surface area contributed by atoms with Crippen LogP contribution in [0.1, 0.15) is 52.5 Å². The number of benzene rings is 3. The van der Waals surface area contributed by atoms with Crippen LogP contribution in [0.2, 0.25) is 0 Å². The average molecular weight is 564 g/mol. The lowest BCUT2D eigenvalue weighted by molar-refractivity contribution is 0.243. The van der Waals surface area contributed by atoms with Gasteiger partial charge in [0, 0.05) is 18.3 Å². The van der Waals surface area contributed by atoms with E-state index in [0.29, 0.717) is 17.4 Å². The van der Waals surface area contributed by atoms with Crippen LogP contribution < -0.4 is 14.8 Å². The highest BCUT2D eigenvalue weighted by Crippen LogP contribution is 2.43. The van der Waals surface area contributed by atoms with Gasteiger partial charge in [0.05, 0.1) is 22.1 Å². The normalized spacial score (nSPS) is 12.0. The van der Waals surface area contributed by atoms with Crippen molar-refractivity contribution in [1.29, 1.82) is 0 Å². The zero-order valence-corrected chi connectivity index (χ0v) is 25.0. The Labute approximate surface area is 236 Å². The van der Waals surface area contributed by atoms with Gasteiger partial charge < -0.3 is 10.1 Å². The third kappa shape index (κ3) is 7.19. The molecule has 6 nitrogen and oxygen atoms in total. The third-order valence-corrected chi connectivity index (χ3v) is 8.82. The van der Waals surface area contributed by atoms with Crippen LogP contribution in [-0.4, -0.2) is 27.1 Å². The summed E-state index contributed by atoms with van der Waals surface area (Å²) in [4.78, 5) is 5.90. The molecule has 1 heterocycles. The van der Waals surface area contributed by atoms with Gasteiger partial charge >= 0.3 is 0 Å². The van der Waals surface area contributed by atoms with Crippen molar-refractivity contribution in [2.24, 2.45) is 5.41 Å². The van der Waals surface area contributed by atoms with Gasteiger partial charge in [0.25, 0.3) is 10.0 Å². The maximum absolute atomic E-state index is 13.3. The summed E-state index contributed by atoms with van der Waals surface area (Å²) in [5.41, 5.74) is 4.71. The fraction of sp³-hybridized carbons (Fsp3) is 0.323. The van der Waals surface area contributed by atoms with E-state index in [4.69, 9.17) is 9.72 Å². The number of aromatic nitrogens is 1. The quantitative estimate of drug-likeness (QED) is 0.203. The summed E-state index contributed by atoms with van der Waals surface area (Å²) in [6, 6.07) is 22.8. The van der Waals surface area contributed by atoms with E-state index in [2.05, 4.69) is 50.7 Å².